The number of ether oxygens (including phenoxy) is 3. The molecular weight excluding hydrogens is 743 g/mol. The first-order chi connectivity index (χ1) is 23.9. The Morgan fingerprint density at radius 2 is 1.49 bits per heavy atom. The molecule has 1 fully saturated rings. The number of amides is 1. The average Bonchev–Trinajstić information content (AvgIpc) is 3.70. The molecule has 1 amide bonds. The van der Waals surface area contributed by atoms with Crippen LogP contribution in [0.1, 0.15) is 39.4 Å². The van der Waals surface area contributed by atoms with Crippen molar-refractivity contribution in [3.8, 4) is 0 Å². The maximum absolute atomic E-state index is 13.5. The molecule has 2 aromatic heterocycles. The Morgan fingerprint density at radius 1 is 0.898 bits per heavy atom. The molecule has 49 heavy (non-hydrogen) atoms. The van der Waals surface area contributed by atoms with Crippen LogP contribution in [-0.4, -0.2) is 80.0 Å². The van der Waals surface area contributed by atoms with Crippen molar-refractivity contribution in [3.63, 3.8) is 0 Å². The molecule has 3 N–H and O–H groups in total. The van der Waals surface area contributed by atoms with E-state index in [1.165, 1.54) is 10.9 Å². The second-order valence-electron chi connectivity index (χ2n) is 11.2. The van der Waals surface area contributed by atoms with Crippen molar-refractivity contribution in [2.24, 2.45) is 0 Å². The molecule has 5 aromatic rings. The van der Waals surface area contributed by atoms with E-state index in [2.05, 4.69) is 25.6 Å². The number of nitrogens with zero attached hydrogens (tertiary/aromatic N) is 4. The molecule has 1 saturated heterocycles. The number of aromatic nitrogens is 4. The predicted octanol–water partition coefficient (Wildman–Crippen LogP) is 3.93. The van der Waals surface area contributed by atoms with Crippen molar-refractivity contribution in [3.05, 3.63) is 118 Å². The number of imidazole rings is 1. The van der Waals surface area contributed by atoms with E-state index in [0.717, 1.165) is 5.56 Å². The summed E-state index contributed by atoms with van der Waals surface area (Å²) in [6, 6.07) is 25.9. The van der Waals surface area contributed by atoms with Gasteiger partial charge in [0.2, 0.25) is 0 Å². The summed E-state index contributed by atoms with van der Waals surface area (Å²) in [7, 11) is 0. The second kappa shape index (κ2) is 15.5. The number of carbonyl (C=O) groups excluding carboxylic acids is 3. The summed E-state index contributed by atoms with van der Waals surface area (Å²) < 4.78 is 20.2. The van der Waals surface area contributed by atoms with Gasteiger partial charge in [0.1, 0.15) is 0 Å². The first-order valence-corrected chi connectivity index (χ1v) is 16.7. The molecule has 0 spiro atoms. The van der Waals surface area contributed by atoms with Gasteiger partial charge in [-0.05, 0) is 43.2 Å². The highest BCUT2D eigenvalue weighted by Crippen LogP contribution is 2.37. The van der Waals surface area contributed by atoms with Crippen LogP contribution < -0.4 is 10.6 Å². The minimum absolute atomic E-state index is 0.177. The summed E-state index contributed by atoms with van der Waals surface area (Å²) in [5.74, 6) is -1.62. The standard InChI is InChI=1S/C35H33IN6O7/c1-2-37-31(44)27-26(48-33(45)22-14-8-4-9-15-22)28(49-34(46)23-16-10-5-11-17-23)32(47-27)42-20-38-25-29(40-35(36)41-30(25)42)39-24(19-43)18-21-12-6-3-7-13-21/h3-17,20,24,26-28,32,43H,2,18-19H2,1H3,(H,37,44)(H,39,40,41)/t24-,26+,27-,28+,32+/m0/s1. The van der Waals surface area contributed by atoms with Crippen LogP contribution in [0.25, 0.3) is 11.2 Å². The number of likely N-dealkylation sites (N-methyl/N-ethyl adjacent to an activating group) is 1. The first-order valence-electron chi connectivity index (χ1n) is 15.6. The number of aliphatic hydroxyl groups is 1. The predicted molar refractivity (Wildman–Crippen MR) is 187 cm³/mol. The Kier molecular flexibility index (Phi) is 10.8. The van der Waals surface area contributed by atoms with Crippen LogP contribution in [0.3, 0.4) is 0 Å². The number of halogens is 1. The minimum atomic E-state index is -1.35. The van der Waals surface area contributed by atoms with Gasteiger partial charge in [0.15, 0.2) is 45.4 Å². The second-order valence-corrected chi connectivity index (χ2v) is 12.2. The lowest BCUT2D eigenvalue weighted by Gasteiger charge is -2.24. The third-order valence-corrected chi connectivity index (χ3v) is 8.34. The fourth-order valence-corrected chi connectivity index (χ4v) is 6.03. The van der Waals surface area contributed by atoms with Crippen molar-refractivity contribution >= 4 is 57.4 Å². The van der Waals surface area contributed by atoms with E-state index in [4.69, 9.17) is 14.2 Å². The molecule has 0 unspecified atom stereocenters. The lowest BCUT2D eigenvalue weighted by Crippen LogP contribution is -2.46. The molecule has 1 aliphatic heterocycles. The fraction of sp³-hybridized carbons (Fsp3) is 0.257. The van der Waals surface area contributed by atoms with E-state index in [1.54, 1.807) is 67.6 Å². The summed E-state index contributed by atoms with van der Waals surface area (Å²) >= 11 is 1.97. The maximum atomic E-state index is 13.5. The van der Waals surface area contributed by atoms with Crippen molar-refractivity contribution < 1.29 is 33.7 Å². The topological polar surface area (TPSA) is 167 Å². The molecule has 13 nitrogen and oxygen atoms in total. The summed E-state index contributed by atoms with van der Waals surface area (Å²) in [6.45, 7) is 1.85. The normalized spacial score (nSPS) is 19.2. The van der Waals surface area contributed by atoms with Crippen molar-refractivity contribution in [2.75, 3.05) is 18.5 Å². The van der Waals surface area contributed by atoms with Crippen LogP contribution >= 0.6 is 22.6 Å². The molecule has 3 heterocycles. The highest BCUT2D eigenvalue weighted by atomic mass is 127. The first kappa shape index (κ1) is 34.0. The average molecular weight is 777 g/mol. The number of anilines is 1. The zero-order valence-corrected chi connectivity index (χ0v) is 28.5. The van der Waals surface area contributed by atoms with Gasteiger partial charge in [0, 0.05) is 29.1 Å². The maximum Gasteiger partial charge on any atom is 0.338 e. The zero-order valence-electron chi connectivity index (χ0n) is 26.3. The number of hydrogen-bond acceptors (Lipinski definition) is 11. The van der Waals surface area contributed by atoms with Crippen LogP contribution in [0.4, 0.5) is 5.82 Å². The number of benzene rings is 3. The molecule has 252 valence electrons. The van der Waals surface area contributed by atoms with Gasteiger partial charge in [-0.3, -0.25) is 9.36 Å². The van der Waals surface area contributed by atoms with E-state index in [1.807, 2.05) is 52.9 Å². The molecule has 0 aliphatic carbocycles. The van der Waals surface area contributed by atoms with Crippen LogP contribution in [0.2, 0.25) is 0 Å². The van der Waals surface area contributed by atoms with Crippen LogP contribution in [-0.2, 0) is 25.4 Å². The Labute approximate surface area is 295 Å². The van der Waals surface area contributed by atoms with Gasteiger partial charge in [0.25, 0.3) is 5.91 Å². The molecule has 6 rings (SSSR count). The number of carbonyl (C=O) groups is 3. The quantitative estimate of drug-likeness (QED) is 0.0955. The molecular formula is C35H33IN6O7. The Hall–Kier alpha value is -4.93. The lowest BCUT2D eigenvalue weighted by molar-refractivity contribution is -0.137. The van der Waals surface area contributed by atoms with Gasteiger partial charge >= 0.3 is 11.9 Å². The monoisotopic (exact) mass is 776 g/mol. The van der Waals surface area contributed by atoms with Gasteiger partial charge in [0.05, 0.1) is 30.1 Å². The van der Waals surface area contributed by atoms with Gasteiger partial charge in [-0.25, -0.2) is 24.5 Å². The van der Waals surface area contributed by atoms with E-state index < -0.39 is 48.4 Å². The molecule has 5 atom stereocenters. The van der Waals surface area contributed by atoms with E-state index in [0.29, 0.717) is 27.2 Å². The van der Waals surface area contributed by atoms with Gasteiger partial charge in [-0.15, -0.1) is 0 Å². The number of hydrogen-bond donors (Lipinski definition) is 3. The van der Waals surface area contributed by atoms with E-state index in [9.17, 15) is 19.5 Å². The van der Waals surface area contributed by atoms with Crippen molar-refractivity contribution in [1.29, 1.82) is 0 Å². The van der Waals surface area contributed by atoms with E-state index in [-0.39, 0.29) is 24.3 Å². The number of nitrogens with one attached hydrogen (secondary N) is 2. The van der Waals surface area contributed by atoms with Gasteiger partial charge < -0.3 is 30.0 Å². The number of esters is 2. The third kappa shape index (κ3) is 7.71. The smallest absolute Gasteiger partial charge is 0.338 e. The van der Waals surface area contributed by atoms with Crippen LogP contribution in [0.15, 0.2) is 97.3 Å². The summed E-state index contributed by atoms with van der Waals surface area (Å²) in [5, 5.41) is 16.2. The number of rotatable bonds is 12. The van der Waals surface area contributed by atoms with E-state index >= 15 is 0 Å². The van der Waals surface area contributed by atoms with Crippen LogP contribution in [0, 0.1) is 3.83 Å². The summed E-state index contributed by atoms with van der Waals surface area (Å²) in [4.78, 5) is 54.0. The largest absolute Gasteiger partial charge is 0.451 e. The van der Waals surface area contributed by atoms with Crippen molar-refractivity contribution in [1.82, 2.24) is 24.8 Å². The zero-order chi connectivity index (χ0) is 34.3. The van der Waals surface area contributed by atoms with Gasteiger partial charge in [-0.2, -0.15) is 0 Å². The Bertz CT molecular complexity index is 1910. The third-order valence-electron chi connectivity index (χ3n) is 7.86. The molecule has 0 bridgehead atoms. The summed E-state index contributed by atoms with van der Waals surface area (Å²) in [6.07, 6.45) is -3.25. The lowest BCUT2D eigenvalue weighted by atomic mass is 10.1. The van der Waals surface area contributed by atoms with Gasteiger partial charge in [-0.1, -0.05) is 66.7 Å². The Morgan fingerprint density at radius 3 is 2.08 bits per heavy atom. The SMILES string of the molecule is CCNC(=O)[C@H]1O[C@@H](n2cnc3c(N[C@H](CO)Cc4ccccc4)nc(I)nc32)[C@H](OC(=O)c2ccccc2)[C@@H]1OC(=O)c1ccccc1. The number of aliphatic hydroxyl groups excluding tert-OH is 1. The Balaban J connectivity index is 1.39. The fourth-order valence-electron chi connectivity index (χ4n) is 5.57. The number of fused-ring (bicyclic) bond motifs is 1. The molecule has 0 radical (unpaired) electrons. The molecule has 0 saturated carbocycles. The van der Waals surface area contributed by atoms with Crippen LogP contribution in [0.5, 0.6) is 0 Å². The molecule has 1 aliphatic rings. The van der Waals surface area contributed by atoms with Crippen molar-refractivity contribution in [2.45, 2.75) is 43.9 Å². The molecule has 14 heteroatoms. The molecule has 3 aromatic carbocycles. The minimum Gasteiger partial charge on any atom is -0.451 e. The highest BCUT2D eigenvalue weighted by molar-refractivity contribution is 14.1. The summed E-state index contributed by atoms with van der Waals surface area (Å²) in [5.41, 5.74) is 2.17. The highest BCUT2D eigenvalue weighted by Gasteiger charge is 2.54.